The normalized spacial score (nSPS) is 8.57. The van der Waals surface area contributed by atoms with E-state index in [-0.39, 0.29) is 48.4 Å². The van der Waals surface area contributed by atoms with Crippen molar-refractivity contribution in [2.24, 2.45) is 0 Å². The second-order valence-electron chi connectivity index (χ2n) is 0.505. The standard InChI is InChI=1S/FHO3Si.Li.Na/c1-5(2,3)4;;/h2H;;/q-2;2*+1. The molecular formula is HFLiNaO3Si. The first-order chi connectivity index (χ1) is 2.00. The van der Waals surface area contributed by atoms with Crippen LogP contribution in [0.15, 0.2) is 0 Å². The third-order valence-electron chi connectivity index (χ3n) is 0. The van der Waals surface area contributed by atoms with Crippen LogP contribution < -0.4 is 58.0 Å². The van der Waals surface area contributed by atoms with Crippen molar-refractivity contribution in [3.05, 3.63) is 0 Å². The van der Waals surface area contributed by atoms with Gasteiger partial charge in [-0.2, -0.15) is 0 Å². The van der Waals surface area contributed by atoms with Crippen LogP contribution in [0.5, 0.6) is 0 Å². The van der Waals surface area contributed by atoms with Gasteiger partial charge in [0.15, 0.2) is 0 Å². The summed E-state index contributed by atoms with van der Waals surface area (Å²) in [7, 11) is -5.61. The van der Waals surface area contributed by atoms with Crippen LogP contribution in [0.1, 0.15) is 0 Å². The molecule has 0 aromatic rings. The van der Waals surface area contributed by atoms with E-state index in [0.29, 0.717) is 0 Å². The van der Waals surface area contributed by atoms with Gasteiger partial charge >= 0.3 is 48.4 Å². The predicted molar refractivity (Wildman–Crippen MR) is 9.08 cm³/mol. The Morgan fingerprint density at radius 1 is 1.43 bits per heavy atom. The molecule has 0 aliphatic carbocycles. The minimum atomic E-state index is -5.61. The van der Waals surface area contributed by atoms with E-state index in [1.807, 2.05) is 0 Å². The second-order valence-corrected chi connectivity index (χ2v) is 1.51. The summed E-state index contributed by atoms with van der Waals surface area (Å²) in [4.78, 5) is 24.0. The molecule has 1 N–H and O–H groups in total. The molecule has 0 aliphatic rings. The van der Waals surface area contributed by atoms with Gasteiger partial charge in [0.05, 0.1) is 0 Å². The van der Waals surface area contributed by atoms with E-state index in [9.17, 15) is 4.11 Å². The Kier molecular flexibility index (Phi) is 13.0. The Labute approximate surface area is 75.6 Å². The Morgan fingerprint density at radius 3 is 1.43 bits per heavy atom. The summed E-state index contributed by atoms with van der Waals surface area (Å²) in [6, 6.07) is 0. The monoisotopic (exact) mass is 126 g/mol. The molecule has 0 bridgehead atoms. The fraction of sp³-hybridized carbons (Fsp3) is 0. The maximum atomic E-state index is 10.3. The third kappa shape index (κ3) is 91.4. The Hall–Kier alpha value is 1.62. The average molecular weight is 126 g/mol. The van der Waals surface area contributed by atoms with Crippen LogP contribution in [0, 0.1) is 0 Å². The molecule has 0 amide bonds. The van der Waals surface area contributed by atoms with Gasteiger partial charge in [-0.05, 0) is 0 Å². The van der Waals surface area contributed by atoms with Crippen molar-refractivity contribution in [1.29, 1.82) is 0 Å². The smallest absolute Gasteiger partial charge is 0.825 e. The summed E-state index contributed by atoms with van der Waals surface area (Å²) in [5.41, 5.74) is 0. The number of halogens is 1. The fourth-order valence-electron chi connectivity index (χ4n) is 0. The molecule has 0 rings (SSSR count). The Morgan fingerprint density at radius 2 is 1.43 bits per heavy atom. The molecule has 0 aromatic heterocycles. The molecule has 0 atom stereocenters. The van der Waals surface area contributed by atoms with E-state index < -0.39 is 9.14 Å². The van der Waals surface area contributed by atoms with Crippen molar-refractivity contribution in [3.63, 3.8) is 0 Å². The minimum absolute atomic E-state index is 0. The zero-order valence-corrected chi connectivity index (χ0v) is 7.14. The van der Waals surface area contributed by atoms with Crippen LogP contribution >= 0.6 is 0 Å². The van der Waals surface area contributed by atoms with Gasteiger partial charge in [0, 0.05) is 0 Å². The summed E-state index contributed by atoms with van der Waals surface area (Å²) in [5, 5.41) is 0. The second kappa shape index (κ2) is 5.76. The van der Waals surface area contributed by atoms with E-state index in [0.717, 1.165) is 0 Å². The molecule has 32 valence electrons. The van der Waals surface area contributed by atoms with E-state index in [2.05, 4.69) is 0 Å². The molecule has 3 nitrogen and oxygen atoms in total. The maximum Gasteiger partial charge on any atom is 1.00 e. The first kappa shape index (κ1) is 15.8. The number of hydrogen-bond donors (Lipinski definition) is 1. The van der Waals surface area contributed by atoms with Crippen molar-refractivity contribution in [2.45, 2.75) is 0 Å². The van der Waals surface area contributed by atoms with Gasteiger partial charge in [-0.1, -0.05) is 0 Å². The zero-order valence-electron chi connectivity index (χ0n) is 4.14. The molecule has 0 radical (unpaired) electrons. The van der Waals surface area contributed by atoms with Crippen LogP contribution in [0.2, 0.25) is 0 Å². The summed E-state index contributed by atoms with van der Waals surface area (Å²) >= 11 is 0. The van der Waals surface area contributed by atoms with Crippen molar-refractivity contribution < 1.29 is 66.9 Å². The van der Waals surface area contributed by atoms with E-state index in [1.54, 1.807) is 0 Å². The Bertz CT molecular complexity index is 30.4. The van der Waals surface area contributed by atoms with E-state index >= 15 is 0 Å². The topological polar surface area (TPSA) is 66.3 Å². The van der Waals surface area contributed by atoms with Gasteiger partial charge in [-0.25, -0.2) is 0 Å². The van der Waals surface area contributed by atoms with E-state index in [1.165, 1.54) is 0 Å². The number of rotatable bonds is 0. The van der Waals surface area contributed by atoms with Gasteiger partial charge in [0.1, 0.15) is 0 Å². The first-order valence-electron chi connectivity index (χ1n) is 0.821. The van der Waals surface area contributed by atoms with Crippen molar-refractivity contribution in [2.75, 3.05) is 0 Å². The van der Waals surface area contributed by atoms with Gasteiger partial charge in [0.25, 0.3) is 0 Å². The number of hydrogen-bond acceptors (Lipinski definition) is 3. The van der Waals surface area contributed by atoms with Crippen LogP contribution in [-0.4, -0.2) is 13.9 Å². The predicted octanol–water partition coefficient (Wildman–Crippen LogP) is -8.89. The molecule has 0 heterocycles. The van der Waals surface area contributed by atoms with Crippen molar-refractivity contribution in [1.82, 2.24) is 0 Å². The minimum Gasteiger partial charge on any atom is -0.825 e. The average Bonchev–Trinajstić information content (AvgIpc) is 0.722. The molecule has 7 heavy (non-hydrogen) atoms. The van der Waals surface area contributed by atoms with Gasteiger partial charge in [0.2, 0.25) is 9.14 Å². The molecule has 0 saturated heterocycles. The maximum absolute atomic E-state index is 10.3. The molecule has 0 aromatic carbocycles. The quantitative estimate of drug-likeness (QED) is 0.259. The third-order valence-corrected chi connectivity index (χ3v) is 0. The van der Waals surface area contributed by atoms with Crippen molar-refractivity contribution in [3.8, 4) is 0 Å². The van der Waals surface area contributed by atoms with Crippen LogP contribution in [0.4, 0.5) is 4.11 Å². The molecule has 0 fully saturated rings. The van der Waals surface area contributed by atoms with Crippen LogP contribution in [0.3, 0.4) is 0 Å². The molecule has 0 saturated carbocycles. The zero-order chi connectivity index (χ0) is 4.50. The summed E-state index contributed by atoms with van der Waals surface area (Å²) in [6.45, 7) is 0. The van der Waals surface area contributed by atoms with Gasteiger partial charge in [-0.3, -0.25) is 0 Å². The van der Waals surface area contributed by atoms with Crippen molar-refractivity contribution >= 4 is 9.14 Å². The fourth-order valence-corrected chi connectivity index (χ4v) is 0. The summed E-state index contributed by atoms with van der Waals surface area (Å²) in [6.07, 6.45) is 0. The molecule has 0 unspecified atom stereocenters. The SMILES string of the molecule is [Li+].[Na+].[O-][Si]([O-])(O)F. The van der Waals surface area contributed by atoms with Crippen LogP contribution in [0.25, 0.3) is 0 Å². The van der Waals surface area contributed by atoms with E-state index in [4.69, 9.17) is 14.4 Å². The summed E-state index contributed by atoms with van der Waals surface area (Å²) < 4.78 is 10.3. The van der Waals surface area contributed by atoms with Gasteiger partial charge in [-0.15, -0.1) is 0 Å². The molecule has 0 aliphatic heterocycles. The van der Waals surface area contributed by atoms with Gasteiger partial charge < -0.3 is 18.5 Å². The van der Waals surface area contributed by atoms with Crippen LogP contribution in [-0.2, 0) is 0 Å². The molecular weight excluding hydrogens is 125 g/mol. The molecule has 0 spiro atoms. The largest absolute Gasteiger partial charge is 1.00 e. The Balaban J connectivity index is -0.0000000800. The summed E-state index contributed by atoms with van der Waals surface area (Å²) in [5.74, 6) is 0. The first-order valence-corrected chi connectivity index (χ1v) is 2.46. The molecule has 7 heteroatoms.